The predicted molar refractivity (Wildman–Crippen MR) is 89.9 cm³/mol. The fourth-order valence-electron chi connectivity index (χ4n) is 2.18. The van der Waals surface area contributed by atoms with E-state index in [4.69, 9.17) is 0 Å². The zero-order valence-electron chi connectivity index (χ0n) is 13.4. The number of alkyl halides is 3. The third kappa shape index (κ3) is 4.61. The van der Waals surface area contributed by atoms with Gasteiger partial charge in [0, 0.05) is 0 Å². The van der Waals surface area contributed by atoms with E-state index in [0.717, 1.165) is 23.9 Å². The third-order valence-corrected chi connectivity index (χ3v) is 4.25. The van der Waals surface area contributed by atoms with Crippen molar-refractivity contribution in [2.45, 2.75) is 11.3 Å². The number of hydrogen-bond acceptors (Lipinski definition) is 5. The lowest BCUT2D eigenvalue weighted by molar-refractivity contribution is -0.137. The number of nitrogens with one attached hydrogen (secondary N) is 1. The molecule has 6 nitrogen and oxygen atoms in total. The van der Waals surface area contributed by atoms with Gasteiger partial charge in [0.25, 0.3) is 0 Å². The quantitative estimate of drug-likeness (QED) is 0.527. The number of aromatic nitrogens is 4. The molecule has 2 aromatic carbocycles. The normalized spacial score (nSPS) is 11.4. The predicted octanol–water partition coefficient (Wildman–Crippen LogP) is 3.55. The molecule has 0 bridgehead atoms. The van der Waals surface area contributed by atoms with Crippen molar-refractivity contribution >= 4 is 23.4 Å². The van der Waals surface area contributed by atoms with Crippen LogP contribution in [0.1, 0.15) is 5.56 Å². The number of hydrogen-bond donors (Lipinski definition) is 1. The minimum Gasteiger partial charge on any atom is -0.325 e. The van der Waals surface area contributed by atoms with Crippen LogP contribution in [0.2, 0.25) is 0 Å². The second-order valence-corrected chi connectivity index (χ2v) is 6.18. The van der Waals surface area contributed by atoms with E-state index in [1.165, 1.54) is 4.68 Å². The van der Waals surface area contributed by atoms with Crippen molar-refractivity contribution in [1.82, 2.24) is 20.2 Å². The Morgan fingerprint density at radius 1 is 1.15 bits per heavy atom. The maximum absolute atomic E-state index is 13.1. The first-order chi connectivity index (χ1) is 12.8. The molecule has 0 saturated carbocycles. The van der Waals surface area contributed by atoms with Crippen molar-refractivity contribution in [1.29, 1.82) is 0 Å². The van der Waals surface area contributed by atoms with Crippen LogP contribution < -0.4 is 5.32 Å². The number of anilines is 1. The van der Waals surface area contributed by atoms with E-state index in [1.807, 2.05) is 6.07 Å². The molecule has 1 heterocycles. The molecule has 0 aliphatic rings. The molecule has 1 N–H and O–H groups in total. The van der Waals surface area contributed by atoms with Gasteiger partial charge >= 0.3 is 6.18 Å². The highest BCUT2D eigenvalue weighted by atomic mass is 32.2. The number of carbonyl (C=O) groups excluding carboxylic acids is 1. The van der Waals surface area contributed by atoms with Crippen LogP contribution in [0.15, 0.2) is 53.7 Å². The van der Waals surface area contributed by atoms with Crippen molar-refractivity contribution in [3.8, 4) is 5.69 Å². The monoisotopic (exact) mass is 397 g/mol. The Balaban J connectivity index is 1.70. The highest BCUT2D eigenvalue weighted by molar-refractivity contribution is 7.99. The van der Waals surface area contributed by atoms with E-state index < -0.39 is 29.2 Å². The van der Waals surface area contributed by atoms with Crippen LogP contribution in [0.5, 0.6) is 0 Å². The largest absolute Gasteiger partial charge is 0.418 e. The maximum atomic E-state index is 13.1. The Morgan fingerprint density at radius 2 is 1.89 bits per heavy atom. The lowest BCUT2D eigenvalue weighted by Gasteiger charge is -2.13. The molecule has 140 valence electrons. The molecule has 0 fully saturated rings. The summed E-state index contributed by atoms with van der Waals surface area (Å²) in [4.78, 5) is 12.0. The van der Waals surface area contributed by atoms with E-state index >= 15 is 0 Å². The number of rotatable bonds is 5. The molecule has 0 saturated heterocycles. The molecule has 0 atom stereocenters. The van der Waals surface area contributed by atoms with E-state index in [1.54, 1.807) is 24.3 Å². The molecule has 1 amide bonds. The lowest BCUT2D eigenvalue weighted by atomic mass is 10.1. The van der Waals surface area contributed by atoms with Gasteiger partial charge in [-0.2, -0.15) is 17.9 Å². The van der Waals surface area contributed by atoms with Crippen LogP contribution in [0, 0.1) is 5.82 Å². The highest BCUT2D eigenvalue weighted by Gasteiger charge is 2.34. The summed E-state index contributed by atoms with van der Waals surface area (Å²) in [6.45, 7) is 0. The van der Waals surface area contributed by atoms with Crippen LogP contribution in [-0.2, 0) is 11.0 Å². The Labute approximate surface area is 154 Å². The van der Waals surface area contributed by atoms with Gasteiger partial charge in [-0.05, 0) is 40.8 Å². The van der Waals surface area contributed by atoms with Gasteiger partial charge in [-0.15, -0.1) is 5.10 Å². The first-order valence-electron chi connectivity index (χ1n) is 7.48. The molecule has 0 aliphatic heterocycles. The number of para-hydroxylation sites is 1. The Morgan fingerprint density at radius 3 is 2.59 bits per heavy atom. The van der Waals surface area contributed by atoms with Gasteiger partial charge in [0.05, 0.1) is 22.7 Å². The number of nitrogens with zero attached hydrogens (tertiary/aromatic N) is 4. The maximum Gasteiger partial charge on any atom is 0.418 e. The second kappa shape index (κ2) is 7.74. The van der Waals surface area contributed by atoms with E-state index in [9.17, 15) is 22.4 Å². The van der Waals surface area contributed by atoms with Crippen LogP contribution in [0.3, 0.4) is 0 Å². The molecule has 0 radical (unpaired) electrons. The van der Waals surface area contributed by atoms with Gasteiger partial charge in [-0.25, -0.2) is 4.39 Å². The van der Waals surface area contributed by atoms with Gasteiger partial charge in [0.2, 0.25) is 11.1 Å². The summed E-state index contributed by atoms with van der Waals surface area (Å²) in [6.07, 6.45) is -4.80. The zero-order chi connectivity index (χ0) is 19.4. The molecule has 0 unspecified atom stereocenters. The van der Waals surface area contributed by atoms with Crippen molar-refractivity contribution < 1.29 is 22.4 Å². The summed E-state index contributed by atoms with van der Waals surface area (Å²) < 4.78 is 53.4. The SMILES string of the molecule is O=C(CSc1nnnn1-c1ccccc1)Nc1ccc(F)cc1C(F)(F)F. The van der Waals surface area contributed by atoms with E-state index in [2.05, 4.69) is 20.8 Å². The zero-order valence-corrected chi connectivity index (χ0v) is 14.3. The first kappa shape index (κ1) is 18.8. The summed E-state index contributed by atoms with van der Waals surface area (Å²) in [5.74, 6) is -1.99. The summed E-state index contributed by atoms with van der Waals surface area (Å²) >= 11 is 0.952. The fourth-order valence-corrected chi connectivity index (χ4v) is 2.87. The van der Waals surface area contributed by atoms with Gasteiger partial charge in [0.15, 0.2) is 0 Å². The summed E-state index contributed by atoms with van der Waals surface area (Å²) in [5.41, 5.74) is -1.10. The van der Waals surface area contributed by atoms with Crippen molar-refractivity contribution in [3.05, 3.63) is 59.9 Å². The van der Waals surface area contributed by atoms with Crippen molar-refractivity contribution in [2.24, 2.45) is 0 Å². The van der Waals surface area contributed by atoms with Crippen molar-refractivity contribution in [2.75, 3.05) is 11.1 Å². The molecule has 0 aliphatic carbocycles. The smallest absolute Gasteiger partial charge is 0.325 e. The van der Waals surface area contributed by atoms with Crippen LogP contribution in [0.25, 0.3) is 5.69 Å². The number of tetrazole rings is 1. The first-order valence-corrected chi connectivity index (χ1v) is 8.46. The van der Waals surface area contributed by atoms with Crippen molar-refractivity contribution in [3.63, 3.8) is 0 Å². The van der Waals surface area contributed by atoms with Gasteiger partial charge in [0.1, 0.15) is 5.82 Å². The number of benzene rings is 2. The van der Waals surface area contributed by atoms with Crippen LogP contribution in [0.4, 0.5) is 23.2 Å². The fraction of sp³-hybridized carbons (Fsp3) is 0.125. The van der Waals surface area contributed by atoms with E-state index in [-0.39, 0.29) is 5.75 Å². The molecule has 0 spiro atoms. The summed E-state index contributed by atoms with van der Waals surface area (Å²) in [6, 6.07) is 10.9. The van der Waals surface area contributed by atoms with Crippen LogP contribution in [-0.4, -0.2) is 31.9 Å². The summed E-state index contributed by atoms with van der Waals surface area (Å²) in [5, 5.41) is 13.6. The number of halogens is 4. The highest BCUT2D eigenvalue weighted by Crippen LogP contribution is 2.35. The minimum absolute atomic E-state index is 0.234. The number of carbonyl (C=O) groups is 1. The Hall–Kier alpha value is -2.95. The lowest BCUT2D eigenvalue weighted by Crippen LogP contribution is -2.18. The molecule has 1 aromatic heterocycles. The third-order valence-electron chi connectivity index (χ3n) is 3.34. The van der Waals surface area contributed by atoms with Gasteiger partial charge in [-0.3, -0.25) is 4.79 Å². The van der Waals surface area contributed by atoms with Crippen LogP contribution >= 0.6 is 11.8 Å². The molecule has 11 heteroatoms. The molecule has 27 heavy (non-hydrogen) atoms. The average molecular weight is 397 g/mol. The topological polar surface area (TPSA) is 72.7 Å². The van der Waals surface area contributed by atoms with Gasteiger partial charge in [-0.1, -0.05) is 30.0 Å². The summed E-state index contributed by atoms with van der Waals surface area (Å²) in [7, 11) is 0. The Bertz CT molecular complexity index is 945. The minimum atomic E-state index is -4.80. The number of thioether (sulfide) groups is 1. The van der Waals surface area contributed by atoms with E-state index in [0.29, 0.717) is 16.9 Å². The Kier molecular flexibility index (Phi) is 5.40. The molecule has 3 rings (SSSR count). The molecule has 3 aromatic rings. The average Bonchev–Trinajstić information content (AvgIpc) is 3.10. The second-order valence-electron chi connectivity index (χ2n) is 5.23. The number of amides is 1. The van der Waals surface area contributed by atoms with Gasteiger partial charge < -0.3 is 5.32 Å². The molecular formula is C16H11F4N5OS. The standard InChI is InChI=1S/C16H11F4N5OS/c17-10-6-7-13(12(8-10)16(18,19)20)21-14(26)9-27-15-22-23-24-25(15)11-4-2-1-3-5-11/h1-8H,9H2,(H,21,26). The molecular weight excluding hydrogens is 386 g/mol.